The molecule has 2 aromatic carbocycles. The number of nitrogens with zero attached hydrogens (tertiary/aromatic N) is 1. The summed E-state index contributed by atoms with van der Waals surface area (Å²) in [5.41, 5.74) is 2.01. The maximum atomic E-state index is 8.99. The van der Waals surface area contributed by atoms with Gasteiger partial charge in [-0.3, -0.25) is 0 Å². The normalized spacial score (nSPS) is 10.1. The molecule has 0 saturated carbocycles. The lowest BCUT2D eigenvalue weighted by Crippen LogP contribution is -1.81. The summed E-state index contributed by atoms with van der Waals surface area (Å²) in [6.45, 7) is 2.15. The van der Waals surface area contributed by atoms with E-state index in [2.05, 4.69) is 53.2 Å². The fourth-order valence-electron chi connectivity index (χ4n) is 1.58. The molecule has 0 saturated heterocycles. The maximum absolute atomic E-state index is 8.99. The van der Waals surface area contributed by atoms with Crippen molar-refractivity contribution in [1.82, 2.24) is 0 Å². The Balaban J connectivity index is 2.20. The molecule has 0 spiro atoms. The van der Waals surface area contributed by atoms with E-state index in [0.717, 1.165) is 15.8 Å². The minimum absolute atomic E-state index is 0.671. The molecule has 90 valence electrons. The van der Waals surface area contributed by atoms with Crippen molar-refractivity contribution in [2.24, 2.45) is 0 Å². The van der Waals surface area contributed by atoms with Gasteiger partial charge in [0.1, 0.15) is 6.07 Å². The van der Waals surface area contributed by atoms with Gasteiger partial charge in [0.15, 0.2) is 0 Å². The van der Waals surface area contributed by atoms with Crippen LogP contribution in [0, 0.1) is 11.3 Å². The van der Waals surface area contributed by atoms with Crippen LogP contribution in [0.5, 0.6) is 0 Å². The quantitative estimate of drug-likeness (QED) is 0.792. The van der Waals surface area contributed by atoms with Crippen molar-refractivity contribution in [1.29, 1.82) is 5.26 Å². The number of benzene rings is 2. The second-order valence-electron chi connectivity index (χ2n) is 3.85. The van der Waals surface area contributed by atoms with Crippen LogP contribution in [0.4, 0.5) is 0 Å². The topological polar surface area (TPSA) is 23.8 Å². The summed E-state index contributed by atoms with van der Waals surface area (Å²) in [4.78, 5) is 2.28. The third-order valence-corrected chi connectivity index (χ3v) is 4.31. The molecule has 18 heavy (non-hydrogen) atoms. The van der Waals surface area contributed by atoms with E-state index in [-0.39, 0.29) is 0 Å². The Morgan fingerprint density at radius 3 is 2.39 bits per heavy atom. The number of hydrogen-bond acceptors (Lipinski definition) is 2. The van der Waals surface area contributed by atoms with E-state index >= 15 is 0 Å². The minimum Gasteiger partial charge on any atom is -0.192 e. The van der Waals surface area contributed by atoms with Crippen LogP contribution >= 0.6 is 27.7 Å². The van der Waals surface area contributed by atoms with Gasteiger partial charge in [-0.1, -0.05) is 30.8 Å². The van der Waals surface area contributed by atoms with Gasteiger partial charge in [-0.15, -0.1) is 0 Å². The average molecular weight is 318 g/mol. The first-order valence-corrected chi connectivity index (χ1v) is 7.30. The van der Waals surface area contributed by atoms with Gasteiger partial charge in [0.05, 0.1) is 5.56 Å². The highest BCUT2D eigenvalue weighted by Crippen LogP contribution is 2.30. The highest BCUT2D eigenvalue weighted by atomic mass is 79.9. The van der Waals surface area contributed by atoms with E-state index in [1.807, 2.05) is 18.2 Å². The summed E-state index contributed by atoms with van der Waals surface area (Å²) in [5, 5.41) is 8.99. The SMILES string of the molecule is CCc1ccc(Sc2ccc(Br)c(C#N)c2)cc1. The molecule has 0 bridgehead atoms. The van der Waals surface area contributed by atoms with E-state index in [4.69, 9.17) is 5.26 Å². The number of rotatable bonds is 3. The summed E-state index contributed by atoms with van der Waals surface area (Å²) < 4.78 is 0.843. The lowest BCUT2D eigenvalue weighted by atomic mass is 10.2. The molecule has 0 aliphatic carbocycles. The van der Waals surface area contributed by atoms with Crippen LogP contribution in [0.25, 0.3) is 0 Å². The van der Waals surface area contributed by atoms with Gasteiger partial charge in [-0.05, 0) is 58.2 Å². The minimum atomic E-state index is 0.671. The molecule has 0 atom stereocenters. The Hall–Kier alpha value is -1.24. The largest absolute Gasteiger partial charge is 0.192 e. The summed E-state index contributed by atoms with van der Waals surface area (Å²) >= 11 is 5.04. The number of hydrogen-bond donors (Lipinski definition) is 0. The maximum Gasteiger partial charge on any atom is 0.100 e. The average Bonchev–Trinajstić information content (AvgIpc) is 2.42. The van der Waals surface area contributed by atoms with Gasteiger partial charge < -0.3 is 0 Å². The predicted molar refractivity (Wildman–Crippen MR) is 78.8 cm³/mol. The fourth-order valence-corrected chi connectivity index (χ4v) is 2.78. The molecule has 0 aromatic heterocycles. The summed E-state index contributed by atoms with van der Waals surface area (Å²) in [6.07, 6.45) is 1.06. The highest BCUT2D eigenvalue weighted by Gasteiger charge is 2.02. The Kier molecular flexibility index (Phi) is 4.46. The molecule has 0 heterocycles. The zero-order valence-corrected chi connectivity index (χ0v) is 12.4. The molecular weight excluding hydrogens is 306 g/mol. The van der Waals surface area contributed by atoms with Crippen LogP contribution in [0.2, 0.25) is 0 Å². The number of aryl methyl sites for hydroxylation is 1. The smallest absolute Gasteiger partial charge is 0.100 e. The lowest BCUT2D eigenvalue weighted by molar-refractivity contribution is 1.13. The van der Waals surface area contributed by atoms with Gasteiger partial charge in [0.25, 0.3) is 0 Å². The molecule has 0 radical (unpaired) electrons. The zero-order valence-electron chi connectivity index (χ0n) is 9.98. The standard InChI is InChI=1S/C15H12BrNS/c1-2-11-3-5-13(6-4-11)18-14-7-8-15(16)12(9-14)10-17/h3-9H,2H2,1H3. The molecule has 0 unspecified atom stereocenters. The van der Waals surface area contributed by atoms with Crippen molar-refractivity contribution in [3.63, 3.8) is 0 Å². The second kappa shape index (κ2) is 6.08. The van der Waals surface area contributed by atoms with Gasteiger partial charge >= 0.3 is 0 Å². The highest BCUT2D eigenvalue weighted by molar-refractivity contribution is 9.10. The Labute approximate surface area is 120 Å². The van der Waals surface area contributed by atoms with E-state index in [1.54, 1.807) is 11.8 Å². The molecule has 0 aliphatic rings. The van der Waals surface area contributed by atoms with E-state index in [0.29, 0.717) is 5.56 Å². The molecule has 0 fully saturated rings. The van der Waals surface area contributed by atoms with Crippen molar-refractivity contribution in [3.05, 3.63) is 58.1 Å². The monoisotopic (exact) mass is 317 g/mol. The van der Waals surface area contributed by atoms with E-state index in [9.17, 15) is 0 Å². The number of nitriles is 1. The first-order chi connectivity index (χ1) is 8.72. The van der Waals surface area contributed by atoms with Crippen molar-refractivity contribution >= 4 is 27.7 Å². The molecule has 2 aromatic rings. The van der Waals surface area contributed by atoms with Crippen molar-refractivity contribution in [2.45, 2.75) is 23.1 Å². The van der Waals surface area contributed by atoms with Gasteiger partial charge in [0.2, 0.25) is 0 Å². The number of halogens is 1. The van der Waals surface area contributed by atoms with Gasteiger partial charge in [-0.25, -0.2) is 0 Å². The summed E-state index contributed by atoms with van der Waals surface area (Å²) in [5.74, 6) is 0. The molecular formula is C15H12BrNS. The summed E-state index contributed by atoms with van der Waals surface area (Å²) in [7, 11) is 0. The Morgan fingerprint density at radius 1 is 1.11 bits per heavy atom. The van der Waals surface area contributed by atoms with Gasteiger partial charge in [0, 0.05) is 14.3 Å². The molecule has 0 N–H and O–H groups in total. The molecule has 0 aliphatic heterocycles. The first kappa shape index (κ1) is 13.2. The third kappa shape index (κ3) is 3.16. The summed E-state index contributed by atoms with van der Waals surface area (Å²) in [6, 6.07) is 16.6. The van der Waals surface area contributed by atoms with E-state index < -0.39 is 0 Å². The van der Waals surface area contributed by atoms with Crippen molar-refractivity contribution < 1.29 is 0 Å². The van der Waals surface area contributed by atoms with E-state index in [1.165, 1.54) is 10.5 Å². The predicted octanol–water partition coefficient (Wildman–Crippen LogP) is 5.03. The van der Waals surface area contributed by atoms with Crippen LogP contribution in [0.15, 0.2) is 56.7 Å². The van der Waals surface area contributed by atoms with Crippen molar-refractivity contribution in [2.75, 3.05) is 0 Å². The third-order valence-electron chi connectivity index (χ3n) is 2.63. The second-order valence-corrected chi connectivity index (χ2v) is 5.85. The van der Waals surface area contributed by atoms with Crippen molar-refractivity contribution in [3.8, 4) is 6.07 Å². The van der Waals surface area contributed by atoms with Crippen LogP contribution < -0.4 is 0 Å². The van der Waals surface area contributed by atoms with Crippen LogP contribution in [0.1, 0.15) is 18.1 Å². The van der Waals surface area contributed by atoms with Crippen LogP contribution in [-0.2, 0) is 6.42 Å². The molecule has 2 rings (SSSR count). The van der Waals surface area contributed by atoms with Gasteiger partial charge in [-0.2, -0.15) is 5.26 Å². The molecule has 3 heteroatoms. The Bertz CT molecular complexity index is 584. The first-order valence-electron chi connectivity index (χ1n) is 5.69. The molecule has 0 amide bonds. The Morgan fingerprint density at radius 2 is 1.78 bits per heavy atom. The van der Waals surface area contributed by atoms with Crippen LogP contribution in [-0.4, -0.2) is 0 Å². The fraction of sp³-hybridized carbons (Fsp3) is 0.133. The van der Waals surface area contributed by atoms with Crippen LogP contribution in [0.3, 0.4) is 0 Å². The zero-order chi connectivity index (χ0) is 13.0. The molecule has 1 nitrogen and oxygen atoms in total. The lowest BCUT2D eigenvalue weighted by Gasteiger charge is -2.04.